The van der Waals surface area contributed by atoms with Crippen molar-refractivity contribution in [2.75, 3.05) is 6.26 Å². The fourth-order valence-electron chi connectivity index (χ4n) is 6.72. The molecule has 6 aromatic rings. The number of hydrogen-bond donors (Lipinski definition) is 0. The van der Waals surface area contributed by atoms with Crippen LogP contribution in [-0.2, 0) is 39.5 Å². The lowest BCUT2D eigenvalue weighted by atomic mass is 9.80. The van der Waals surface area contributed by atoms with E-state index in [0.717, 1.165) is 77.9 Å². The second-order valence-corrected chi connectivity index (χ2v) is 14.5. The van der Waals surface area contributed by atoms with Gasteiger partial charge in [0.05, 0.1) is 6.26 Å². The van der Waals surface area contributed by atoms with Crippen LogP contribution in [-0.4, -0.2) is 28.4 Å². The van der Waals surface area contributed by atoms with Crippen LogP contribution in [0.15, 0.2) is 73.2 Å². The molecule has 3 aromatic carbocycles. The van der Waals surface area contributed by atoms with Gasteiger partial charge in [0.15, 0.2) is 5.60 Å². The van der Waals surface area contributed by atoms with E-state index in [4.69, 9.17) is 39.0 Å². The average molecular weight is 685 g/mol. The second-order valence-electron chi connectivity index (χ2n) is 11.7. The summed E-state index contributed by atoms with van der Waals surface area (Å²) in [5.74, 6) is 0. The standard InChI is InChI=1S/C35H36Cl3N3O3S/c1-5-14-39-20-29(26-17-23(36)8-11-32(26)39)35(44-45(4,42)43,30-21-40(15-6-2)33-12-9-24(37)18-27(30)33)31-22-41(16-7-3)34-13-10-25(38)19-28(31)34/h8-13,17-22H,5-7,14-16H2,1-4H3. The van der Waals surface area contributed by atoms with Crippen molar-refractivity contribution in [2.24, 2.45) is 0 Å². The lowest BCUT2D eigenvalue weighted by molar-refractivity contribution is 0.170. The minimum Gasteiger partial charge on any atom is -0.347 e. The Morgan fingerprint density at radius 1 is 0.600 bits per heavy atom. The number of benzene rings is 3. The maximum absolute atomic E-state index is 13.7. The van der Waals surface area contributed by atoms with Gasteiger partial charge in [0.1, 0.15) is 0 Å². The number of aryl methyl sites for hydroxylation is 3. The molecule has 0 amide bonds. The zero-order valence-corrected chi connectivity index (χ0v) is 28.9. The van der Waals surface area contributed by atoms with Gasteiger partial charge in [-0.25, -0.2) is 4.18 Å². The highest BCUT2D eigenvalue weighted by Gasteiger charge is 2.47. The quantitative estimate of drug-likeness (QED) is 0.128. The third-order valence-corrected chi connectivity index (χ3v) is 9.60. The van der Waals surface area contributed by atoms with E-state index in [1.165, 1.54) is 0 Å². The summed E-state index contributed by atoms with van der Waals surface area (Å²) in [4.78, 5) is 0. The Balaban J connectivity index is 1.90. The largest absolute Gasteiger partial charge is 0.347 e. The first kappa shape index (κ1) is 32.0. The van der Waals surface area contributed by atoms with E-state index < -0.39 is 15.7 Å². The highest BCUT2D eigenvalue weighted by Crippen LogP contribution is 2.51. The predicted molar refractivity (Wildman–Crippen MR) is 188 cm³/mol. The smallest absolute Gasteiger partial charge is 0.265 e. The van der Waals surface area contributed by atoms with Crippen molar-refractivity contribution < 1.29 is 12.6 Å². The second kappa shape index (κ2) is 12.3. The Kier molecular flexibility index (Phi) is 8.78. The Morgan fingerprint density at radius 2 is 0.911 bits per heavy atom. The maximum Gasteiger partial charge on any atom is 0.265 e. The molecule has 0 aliphatic heterocycles. The van der Waals surface area contributed by atoms with Crippen LogP contribution >= 0.6 is 34.8 Å². The molecule has 0 saturated carbocycles. The molecule has 0 bridgehead atoms. The van der Waals surface area contributed by atoms with E-state index in [-0.39, 0.29) is 0 Å². The molecule has 0 fully saturated rings. The Morgan fingerprint density at radius 3 is 1.18 bits per heavy atom. The summed E-state index contributed by atoms with van der Waals surface area (Å²) in [7, 11) is -4.10. The van der Waals surface area contributed by atoms with Crippen LogP contribution < -0.4 is 0 Å². The number of hydrogen-bond acceptors (Lipinski definition) is 3. The summed E-state index contributed by atoms with van der Waals surface area (Å²) in [6.45, 7) is 8.51. The molecule has 0 radical (unpaired) electrons. The topological polar surface area (TPSA) is 58.2 Å². The fourth-order valence-corrected chi connectivity index (χ4v) is 7.96. The molecular formula is C35H36Cl3N3O3S. The van der Waals surface area contributed by atoms with E-state index in [9.17, 15) is 8.42 Å². The van der Waals surface area contributed by atoms with Gasteiger partial charge in [0.2, 0.25) is 0 Å². The number of nitrogens with zero attached hydrogens (tertiary/aromatic N) is 3. The third kappa shape index (κ3) is 5.68. The number of halogens is 3. The fraction of sp³-hybridized carbons (Fsp3) is 0.314. The minimum atomic E-state index is -4.10. The molecule has 6 nitrogen and oxygen atoms in total. The lowest BCUT2D eigenvalue weighted by Gasteiger charge is -2.33. The number of rotatable bonds is 11. The first-order valence-electron chi connectivity index (χ1n) is 15.3. The van der Waals surface area contributed by atoms with Gasteiger partial charge in [0.25, 0.3) is 10.1 Å². The Labute approximate surface area is 279 Å². The molecule has 0 spiro atoms. The van der Waals surface area contributed by atoms with Crippen LogP contribution in [0.4, 0.5) is 0 Å². The van der Waals surface area contributed by atoms with Crippen LogP contribution in [0, 0.1) is 0 Å². The van der Waals surface area contributed by atoms with Gasteiger partial charge in [-0.05, 0) is 73.9 Å². The van der Waals surface area contributed by atoms with E-state index in [1.807, 2.05) is 73.2 Å². The molecule has 0 saturated heterocycles. The van der Waals surface area contributed by atoms with Gasteiger partial charge in [-0.15, -0.1) is 0 Å². The first-order valence-corrected chi connectivity index (χ1v) is 18.2. The van der Waals surface area contributed by atoms with Crippen molar-refractivity contribution in [3.63, 3.8) is 0 Å². The predicted octanol–water partition coefficient (Wildman–Crippen LogP) is 10.0. The van der Waals surface area contributed by atoms with Crippen molar-refractivity contribution >= 4 is 77.6 Å². The summed E-state index contributed by atoms with van der Waals surface area (Å²) in [6.07, 6.45) is 9.81. The van der Waals surface area contributed by atoms with Crippen molar-refractivity contribution in [1.29, 1.82) is 0 Å². The molecular weight excluding hydrogens is 649 g/mol. The number of aromatic nitrogens is 3. The molecule has 0 N–H and O–H groups in total. The van der Waals surface area contributed by atoms with Crippen LogP contribution in [0.2, 0.25) is 15.1 Å². The van der Waals surface area contributed by atoms with E-state index >= 15 is 0 Å². The summed E-state index contributed by atoms with van der Waals surface area (Å²) >= 11 is 20.0. The molecule has 45 heavy (non-hydrogen) atoms. The summed E-state index contributed by atoms with van der Waals surface area (Å²) in [5.41, 5.74) is 3.18. The molecule has 3 aromatic heterocycles. The van der Waals surface area contributed by atoms with Crippen molar-refractivity contribution in [3.05, 3.63) is 105 Å². The van der Waals surface area contributed by atoms with E-state index in [2.05, 4.69) is 34.5 Å². The number of fused-ring (bicyclic) bond motifs is 3. The molecule has 6 rings (SSSR count). The van der Waals surface area contributed by atoms with Crippen molar-refractivity contribution in [1.82, 2.24) is 13.7 Å². The van der Waals surface area contributed by atoms with Gasteiger partial charge in [-0.2, -0.15) is 8.42 Å². The van der Waals surface area contributed by atoms with Crippen molar-refractivity contribution in [2.45, 2.75) is 65.3 Å². The molecule has 3 heterocycles. The Hall–Kier alpha value is -2.94. The highest BCUT2D eigenvalue weighted by molar-refractivity contribution is 7.86. The average Bonchev–Trinajstić information content (AvgIpc) is 3.64. The SMILES string of the molecule is CCCn1cc(C(OS(C)(=O)=O)(c2cn(CCC)c3ccc(Cl)cc23)c2cn(CCC)c3ccc(Cl)cc23)c2cc(Cl)ccc21. The van der Waals surface area contributed by atoms with Crippen LogP contribution in [0.3, 0.4) is 0 Å². The van der Waals surface area contributed by atoms with Crippen LogP contribution in [0.25, 0.3) is 32.7 Å². The molecule has 0 atom stereocenters. The van der Waals surface area contributed by atoms with E-state index in [0.29, 0.717) is 31.8 Å². The minimum absolute atomic E-state index is 0.541. The zero-order valence-electron chi connectivity index (χ0n) is 25.8. The van der Waals surface area contributed by atoms with Crippen LogP contribution in [0.1, 0.15) is 56.7 Å². The van der Waals surface area contributed by atoms with Gasteiger partial charge in [-0.1, -0.05) is 55.6 Å². The van der Waals surface area contributed by atoms with Crippen LogP contribution in [0.5, 0.6) is 0 Å². The van der Waals surface area contributed by atoms with Crippen molar-refractivity contribution in [3.8, 4) is 0 Å². The molecule has 0 unspecified atom stereocenters. The van der Waals surface area contributed by atoms with E-state index in [1.54, 1.807) is 0 Å². The highest BCUT2D eigenvalue weighted by atomic mass is 35.5. The molecule has 10 heteroatoms. The van der Waals surface area contributed by atoms with Gasteiger partial charge in [-0.3, -0.25) is 0 Å². The zero-order chi connectivity index (χ0) is 32.1. The normalized spacial score (nSPS) is 12.7. The monoisotopic (exact) mass is 683 g/mol. The van der Waals surface area contributed by atoms with Gasteiger partial charge >= 0.3 is 0 Å². The van der Waals surface area contributed by atoms with Gasteiger partial charge < -0.3 is 13.7 Å². The first-order chi connectivity index (χ1) is 21.5. The summed E-state index contributed by atoms with van der Waals surface area (Å²) < 4.78 is 40.4. The third-order valence-electron chi connectivity index (χ3n) is 8.34. The molecule has 236 valence electrons. The molecule has 0 aliphatic rings. The summed E-state index contributed by atoms with van der Waals surface area (Å²) in [5, 5.41) is 4.03. The summed E-state index contributed by atoms with van der Waals surface area (Å²) in [6, 6.07) is 17.2. The molecule has 0 aliphatic carbocycles. The Bertz CT molecular complexity index is 1940. The van der Waals surface area contributed by atoms with Gasteiger partial charge in [0, 0.05) is 103 Å². The lowest BCUT2D eigenvalue weighted by Crippen LogP contribution is -2.35. The maximum atomic E-state index is 13.7.